The second kappa shape index (κ2) is 5.44. The molecule has 0 aromatic heterocycles. The lowest BCUT2D eigenvalue weighted by atomic mass is 10.0. The Morgan fingerprint density at radius 2 is 2.00 bits per heavy atom. The maximum atomic E-state index is 12.3. The Morgan fingerprint density at radius 3 is 2.59 bits per heavy atom. The molecule has 0 spiro atoms. The van der Waals surface area contributed by atoms with E-state index in [2.05, 4.69) is 5.32 Å². The number of urea groups is 1. The van der Waals surface area contributed by atoms with Crippen molar-refractivity contribution in [3.63, 3.8) is 0 Å². The fraction of sp³-hybridized carbons (Fsp3) is 0.438. The maximum Gasteiger partial charge on any atom is 0.325 e. The number of hydrogen-bond donors (Lipinski definition) is 2. The minimum atomic E-state index is -0.950. The van der Waals surface area contributed by atoms with Gasteiger partial charge in [0, 0.05) is 0 Å². The predicted octanol–water partition coefficient (Wildman–Crippen LogP) is 1.32. The summed E-state index contributed by atoms with van der Waals surface area (Å²) >= 11 is 0. The Labute approximate surface area is 128 Å². The molecule has 3 rings (SSSR count). The highest BCUT2D eigenvalue weighted by atomic mass is 16.4. The summed E-state index contributed by atoms with van der Waals surface area (Å²) < 4.78 is 0. The third kappa shape index (κ3) is 2.68. The fourth-order valence-corrected chi connectivity index (χ4v) is 2.86. The van der Waals surface area contributed by atoms with Crippen molar-refractivity contribution >= 4 is 17.9 Å². The smallest absolute Gasteiger partial charge is 0.325 e. The Bertz CT molecular complexity index is 626. The van der Waals surface area contributed by atoms with Gasteiger partial charge in [0.05, 0.1) is 12.0 Å². The third-order valence-corrected chi connectivity index (χ3v) is 4.30. The van der Waals surface area contributed by atoms with Gasteiger partial charge in [-0.05, 0) is 31.7 Å². The van der Waals surface area contributed by atoms with E-state index in [1.807, 2.05) is 31.2 Å². The molecule has 0 radical (unpaired) electrons. The molecule has 1 aromatic carbocycles. The number of benzene rings is 1. The van der Waals surface area contributed by atoms with E-state index in [4.69, 9.17) is 5.11 Å². The quantitative estimate of drug-likeness (QED) is 0.803. The first-order valence-electron chi connectivity index (χ1n) is 7.39. The zero-order chi connectivity index (χ0) is 15.9. The molecule has 1 heterocycles. The van der Waals surface area contributed by atoms with Crippen LogP contribution in [0.3, 0.4) is 0 Å². The second-order valence-electron chi connectivity index (χ2n) is 5.98. The summed E-state index contributed by atoms with van der Waals surface area (Å²) in [5.74, 6) is -1.86. The normalized spacial score (nSPS) is 27.0. The first-order valence-corrected chi connectivity index (χ1v) is 7.39. The van der Waals surface area contributed by atoms with Crippen molar-refractivity contribution < 1.29 is 19.5 Å². The van der Waals surface area contributed by atoms with Crippen molar-refractivity contribution in [2.75, 3.05) is 0 Å². The Morgan fingerprint density at radius 1 is 1.32 bits per heavy atom. The molecular weight excluding hydrogens is 284 g/mol. The van der Waals surface area contributed by atoms with Gasteiger partial charge < -0.3 is 10.4 Å². The molecule has 0 bridgehead atoms. The van der Waals surface area contributed by atoms with Gasteiger partial charge in [-0.15, -0.1) is 0 Å². The zero-order valence-electron chi connectivity index (χ0n) is 12.3. The van der Waals surface area contributed by atoms with Crippen LogP contribution in [-0.2, 0) is 16.0 Å². The number of hydrogen-bond acceptors (Lipinski definition) is 3. The van der Waals surface area contributed by atoms with Crippen LogP contribution in [0.5, 0.6) is 0 Å². The van der Waals surface area contributed by atoms with Crippen LogP contribution >= 0.6 is 0 Å². The number of carbonyl (C=O) groups is 3. The number of imide groups is 1. The number of nitrogens with zero attached hydrogens (tertiary/aromatic N) is 1. The molecule has 1 saturated carbocycles. The van der Waals surface area contributed by atoms with Crippen molar-refractivity contribution in [1.29, 1.82) is 0 Å². The van der Waals surface area contributed by atoms with Gasteiger partial charge in [-0.3, -0.25) is 14.5 Å². The number of amides is 3. The summed E-state index contributed by atoms with van der Waals surface area (Å²) in [5, 5.41) is 11.6. The molecule has 6 heteroatoms. The first kappa shape index (κ1) is 14.6. The van der Waals surface area contributed by atoms with E-state index in [1.54, 1.807) is 0 Å². The van der Waals surface area contributed by atoms with Gasteiger partial charge in [0.15, 0.2) is 0 Å². The molecule has 3 amide bonds. The minimum absolute atomic E-state index is 0.300. The van der Waals surface area contributed by atoms with Crippen molar-refractivity contribution in [1.82, 2.24) is 10.2 Å². The number of nitrogens with one attached hydrogen (secondary N) is 1. The summed E-state index contributed by atoms with van der Waals surface area (Å²) in [6.07, 6.45) is 1.58. The van der Waals surface area contributed by atoms with E-state index < -0.39 is 30.0 Å². The van der Waals surface area contributed by atoms with Gasteiger partial charge in [0.25, 0.3) is 5.91 Å². The summed E-state index contributed by atoms with van der Waals surface area (Å²) in [6, 6.07) is 6.55. The standard InChI is InChI=1S/C16H18N2O4/c1-9-2-4-10(5-3-9)6-7-12-14(19)18(16(22)17-12)13-8-11(13)15(20)21/h2-5,11-13H,6-8H2,1H3,(H,17,22)(H,20,21). The molecule has 6 nitrogen and oxygen atoms in total. The number of rotatable bonds is 5. The first-order chi connectivity index (χ1) is 10.5. The van der Waals surface area contributed by atoms with Gasteiger partial charge >= 0.3 is 12.0 Å². The van der Waals surface area contributed by atoms with E-state index in [1.165, 1.54) is 5.56 Å². The number of carboxylic acid groups (broad SMARTS) is 1. The van der Waals surface area contributed by atoms with Crippen LogP contribution in [0.25, 0.3) is 0 Å². The molecule has 3 atom stereocenters. The van der Waals surface area contributed by atoms with Crippen LogP contribution in [0, 0.1) is 12.8 Å². The molecule has 2 N–H and O–H groups in total. The summed E-state index contributed by atoms with van der Waals surface area (Å²) in [7, 11) is 0. The minimum Gasteiger partial charge on any atom is -0.481 e. The van der Waals surface area contributed by atoms with Crippen LogP contribution in [0.15, 0.2) is 24.3 Å². The average molecular weight is 302 g/mol. The van der Waals surface area contributed by atoms with Crippen molar-refractivity contribution in [3.8, 4) is 0 Å². The van der Waals surface area contributed by atoms with Gasteiger partial charge in [-0.25, -0.2) is 4.79 Å². The molecule has 1 aromatic rings. The molecule has 116 valence electrons. The Kier molecular flexibility index (Phi) is 3.60. The highest BCUT2D eigenvalue weighted by Gasteiger charge is 2.54. The molecule has 1 saturated heterocycles. The average Bonchev–Trinajstić information content (AvgIpc) is 3.20. The van der Waals surface area contributed by atoms with Gasteiger partial charge in [-0.2, -0.15) is 0 Å². The zero-order valence-corrected chi connectivity index (χ0v) is 12.3. The number of carbonyl (C=O) groups excluding carboxylic acids is 2. The predicted molar refractivity (Wildman–Crippen MR) is 78.2 cm³/mol. The van der Waals surface area contributed by atoms with E-state index >= 15 is 0 Å². The van der Waals surface area contributed by atoms with Crippen LogP contribution < -0.4 is 5.32 Å². The summed E-state index contributed by atoms with van der Waals surface area (Å²) in [6.45, 7) is 2.01. The van der Waals surface area contributed by atoms with E-state index in [0.29, 0.717) is 19.3 Å². The Hall–Kier alpha value is -2.37. The van der Waals surface area contributed by atoms with Gasteiger partial charge in [-0.1, -0.05) is 29.8 Å². The highest BCUT2D eigenvalue weighted by Crippen LogP contribution is 2.37. The van der Waals surface area contributed by atoms with E-state index in [9.17, 15) is 14.4 Å². The van der Waals surface area contributed by atoms with Crippen LogP contribution in [0.2, 0.25) is 0 Å². The molecule has 2 aliphatic rings. The van der Waals surface area contributed by atoms with Crippen molar-refractivity contribution in [2.24, 2.45) is 5.92 Å². The van der Waals surface area contributed by atoms with E-state index in [-0.39, 0.29) is 5.91 Å². The fourth-order valence-electron chi connectivity index (χ4n) is 2.86. The number of aryl methyl sites for hydroxylation is 2. The topological polar surface area (TPSA) is 86.7 Å². The van der Waals surface area contributed by atoms with Crippen molar-refractivity contribution in [2.45, 2.75) is 38.3 Å². The lowest BCUT2D eigenvalue weighted by Gasteiger charge is -2.12. The lowest BCUT2D eigenvalue weighted by Crippen LogP contribution is -2.35. The summed E-state index contributed by atoms with van der Waals surface area (Å²) in [5.41, 5.74) is 2.29. The molecule has 3 unspecified atom stereocenters. The maximum absolute atomic E-state index is 12.3. The van der Waals surface area contributed by atoms with Gasteiger partial charge in [0.2, 0.25) is 0 Å². The molecular formula is C16H18N2O4. The monoisotopic (exact) mass is 302 g/mol. The van der Waals surface area contributed by atoms with Gasteiger partial charge in [0.1, 0.15) is 6.04 Å². The molecule has 1 aliphatic carbocycles. The lowest BCUT2D eigenvalue weighted by molar-refractivity contribution is -0.139. The highest BCUT2D eigenvalue weighted by molar-refractivity contribution is 6.05. The van der Waals surface area contributed by atoms with E-state index in [0.717, 1.165) is 10.5 Å². The van der Waals surface area contributed by atoms with Crippen LogP contribution in [-0.4, -0.2) is 40.0 Å². The molecule has 2 fully saturated rings. The Balaban J connectivity index is 1.60. The third-order valence-electron chi connectivity index (χ3n) is 4.30. The van der Waals surface area contributed by atoms with Crippen LogP contribution in [0.1, 0.15) is 24.0 Å². The molecule has 22 heavy (non-hydrogen) atoms. The number of carboxylic acids is 1. The molecule has 1 aliphatic heterocycles. The largest absolute Gasteiger partial charge is 0.481 e. The van der Waals surface area contributed by atoms with Crippen LogP contribution in [0.4, 0.5) is 4.79 Å². The number of aliphatic carboxylic acids is 1. The summed E-state index contributed by atoms with van der Waals surface area (Å²) in [4.78, 5) is 36.2. The SMILES string of the molecule is Cc1ccc(CCC2NC(=O)N(C3CC3C(=O)O)C2=O)cc1. The van der Waals surface area contributed by atoms with Crippen molar-refractivity contribution in [3.05, 3.63) is 35.4 Å². The second-order valence-corrected chi connectivity index (χ2v) is 5.98.